The Bertz CT molecular complexity index is 1570. The minimum Gasteiger partial charge on any atom is -0.376 e. The van der Waals surface area contributed by atoms with Gasteiger partial charge in [-0.1, -0.05) is 66.8 Å². The molecule has 0 spiro atoms. The number of allylic oxidation sites excluding steroid dienone is 2. The summed E-state index contributed by atoms with van der Waals surface area (Å²) in [6.07, 6.45) is 6.31. The van der Waals surface area contributed by atoms with Crippen LogP contribution in [0.25, 0.3) is 11.6 Å². The second kappa shape index (κ2) is 18.5. The summed E-state index contributed by atoms with van der Waals surface area (Å²) in [6, 6.07) is 34.4. The maximum Gasteiger partial charge on any atom is 0.141 e. The summed E-state index contributed by atoms with van der Waals surface area (Å²) in [6.45, 7) is 25.0. The van der Waals surface area contributed by atoms with E-state index in [1.807, 2.05) is 0 Å². The Morgan fingerprint density at radius 2 is 0.760 bits per heavy atom. The van der Waals surface area contributed by atoms with E-state index in [2.05, 4.69) is 190 Å². The van der Waals surface area contributed by atoms with Crippen LogP contribution in [0.1, 0.15) is 77.6 Å². The second-order valence-corrected chi connectivity index (χ2v) is 12.6. The van der Waals surface area contributed by atoms with Crippen LogP contribution in [0, 0.1) is 0 Å². The number of hydrogen-bond acceptors (Lipinski definition) is 5. The van der Waals surface area contributed by atoms with Gasteiger partial charge in [-0.15, -0.1) is 0 Å². The van der Waals surface area contributed by atoms with Crippen LogP contribution in [-0.4, -0.2) is 57.5 Å². The fourth-order valence-electron chi connectivity index (χ4n) is 6.99. The zero-order valence-corrected chi connectivity index (χ0v) is 31.9. The topological polar surface area (TPSA) is 33.2 Å². The van der Waals surface area contributed by atoms with Crippen molar-refractivity contribution in [2.24, 2.45) is 0 Å². The highest BCUT2D eigenvalue weighted by Gasteiger charge is 2.37. The lowest BCUT2D eigenvalue weighted by Crippen LogP contribution is -2.30. The van der Waals surface area contributed by atoms with Crippen molar-refractivity contribution >= 4 is 34.4 Å². The van der Waals surface area contributed by atoms with Gasteiger partial charge in [0, 0.05) is 75.1 Å². The summed E-state index contributed by atoms with van der Waals surface area (Å²) in [5, 5.41) is 13.3. The second-order valence-electron chi connectivity index (χ2n) is 12.6. The summed E-state index contributed by atoms with van der Waals surface area (Å²) >= 11 is 0. The van der Waals surface area contributed by atoms with E-state index in [4.69, 9.17) is 0 Å². The third-order valence-electron chi connectivity index (χ3n) is 10.1. The molecule has 5 nitrogen and oxygen atoms in total. The molecule has 4 aromatic rings. The third-order valence-corrected chi connectivity index (χ3v) is 10.1. The minimum absolute atomic E-state index is 0.825. The number of hydrogen-bond donors (Lipinski definition) is 1. The molecule has 266 valence electrons. The Hall–Kier alpha value is -4.48. The van der Waals surface area contributed by atoms with Gasteiger partial charge >= 0.3 is 0 Å². The van der Waals surface area contributed by atoms with Crippen molar-refractivity contribution in [3.05, 3.63) is 131 Å². The zero-order chi connectivity index (χ0) is 36.1. The molecule has 0 aromatic heterocycles. The number of rotatable bonds is 18. The van der Waals surface area contributed by atoms with Crippen LogP contribution in [0.3, 0.4) is 0 Å². The molecule has 4 rings (SSSR count). The van der Waals surface area contributed by atoms with Crippen LogP contribution in [-0.2, 0) is 5.60 Å². The SMILES string of the molecule is CCN(CC)c1ccc(C=CC=C(c2ccc(N(CC)CC)cc2)C(O)(c2ccc(N(CC)CC)cc2)c2ccc(N(CC)CC)cc2)cc1. The molecule has 0 aliphatic rings. The fourth-order valence-corrected chi connectivity index (χ4v) is 6.99. The molecule has 50 heavy (non-hydrogen) atoms. The molecule has 0 aliphatic carbocycles. The first-order valence-electron chi connectivity index (χ1n) is 18.8. The summed E-state index contributed by atoms with van der Waals surface area (Å²) in [5.74, 6) is 0. The van der Waals surface area contributed by atoms with Crippen molar-refractivity contribution in [3.8, 4) is 0 Å². The van der Waals surface area contributed by atoms with E-state index in [1.165, 1.54) is 11.4 Å². The Labute approximate surface area is 303 Å². The Morgan fingerprint density at radius 3 is 1.08 bits per heavy atom. The van der Waals surface area contributed by atoms with Crippen molar-refractivity contribution in [2.45, 2.75) is 61.0 Å². The molecule has 0 bridgehead atoms. The van der Waals surface area contributed by atoms with Gasteiger partial charge in [0.15, 0.2) is 0 Å². The van der Waals surface area contributed by atoms with Gasteiger partial charge in [-0.05, 0) is 132 Å². The van der Waals surface area contributed by atoms with Gasteiger partial charge in [0.05, 0.1) is 0 Å². The Kier molecular flexibility index (Phi) is 14.2. The summed E-state index contributed by atoms with van der Waals surface area (Å²) in [4.78, 5) is 9.36. The number of aliphatic hydroxyl groups is 1. The summed E-state index contributed by atoms with van der Waals surface area (Å²) in [7, 11) is 0. The van der Waals surface area contributed by atoms with E-state index in [0.717, 1.165) is 91.6 Å². The molecule has 0 heterocycles. The maximum atomic E-state index is 13.3. The highest BCUT2D eigenvalue weighted by atomic mass is 16.3. The van der Waals surface area contributed by atoms with Gasteiger partial charge in [0.1, 0.15) is 5.60 Å². The van der Waals surface area contributed by atoms with Crippen LogP contribution in [0.2, 0.25) is 0 Å². The van der Waals surface area contributed by atoms with Gasteiger partial charge in [0.25, 0.3) is 0 Å². The largest absolute Gasteiger partial charge is 0.376 e. The number of nitrogens with zero attached hydrogens (tertiary/aromatic N) is 4. The van der Waals surface area contributed by atoms with E-state index in [-0.39, 0.29) is 0 Å². The summed E-state index contributed by atoms with van der Waals surface area (Å²) < 4.78 is 0. The third kappa shape index (κ3) is 8.62. The average Bonchev–Trinajstić information content (AvgIpc) is 3.16. The highest BCUT2D eigenvalue weighted by Crippen LogP contribution is 2.43. The standard InChI is InChI=1S/C45H60N4O/c1-9-46(10-2)40-28-20-36(21-29-40)18-17-19-44(37-22-30-41(31-23-37)47(11-3)12-4)45(50,38-24-32-42(33-25-38)48(13-5)14-6)39-26-34-43(35-27-39)49(15-7)16-8/h17-35,50H,9-16H2,1-8H3. The van der Waals surface area contributed by atoms with E-state index in [1.54, 1.807) is 0 Å². The molecule has 4 aromatic carbocycles. The highest BCUT2D eigenvalue weighted by molar-refractivity contribution is 5.81. The molecule has 0 saturated heterocycles. The molecule has 0 saturated carbocycles. The van der Waals surface area contributed by atoms with Crippen LogP contribution < -0.4 is 19.6 Å². The predicted molar refractivity (Wildman–Crippen MR) is 220 cm³/mol. The van der Waals surface area contributed by atoms with Crippen LogP contribution in [0.5, 0.6) is 0 Å². The Balaban J connectivity index is 1.91. The van der Waals surface area contributed by atoms with Crippen LogP contribution in [0.15, 0.2) is 109 Å². The summed E-state index contributed by atoms with van der Waals surface area (Å²) in [5.41, 5.74) is 7.88. The van der Waals surface area contributed by atoms with Crippen molar-refractivity contribution in [1.29, 1.82) is 0 Å². The van der Waals surface area contributed by atoms with Gasteiger partial charge in [0.2, 0.25) is 0 Å². The molecule has 0 aliphatic heterocycles. The van der Waals surface area contributed by atoms with Crippen molar-refractivity contribution in [3.63, 3.8) is 0 Å². The Morgan fingerprint density at radius 1 is 0.460 bits per heavy atom. The van der Waals surface area contributed by atoms with Gasteiger partial charge in [-0.3, -0.25) is 0 Å². The molecule has 0 unspecified atom stereocenters. The molecule has 0 amide bonds. The average molecular weight is 673 g/mol. The van der Waals surface area contributed by atoms with E-state index < -0.39 is 5.60 Å². The van der Waals surface area contributed by atoms with Crippen molar-refractivity contribution in [2.75, 3.05) is 72.0 Å². The van der Waals surface area contributed by atoms with E-state index in [9.17, 15) is 5.11 Å². The molecular weight excluding hydrogens is 613 g/mol. The van der Waals surface area contributed by atoms with Gasteiger partial charge in [-0.2, -0.15) is 0 Å². The van der Waals surface area contributed by atoms with E-state index in [0.29, 0.717) is 0 Å². The van der Waals surface area contributed by atoms with Crippen molar-refractivity contribution < 1.29 is 5.11 Å². The fraction of sp³-hybridized carbons (Fsp3) is 0.378. The smallest absolute Gasteiger partial charge is 0.141 e. The number of anilines is 4. The van der Waals surface area contributed by atoms with Gasteiger partial charge < -0.3 is 24.7 Å². The lowest BCUT2D eigenvalue weighted by atomic mass is 9.76. The first-order chi connectivity index (χ1) is 24.3. The van der Waals surface area contributed by atoms with Crippen LogP contribution >= 0.6 is 0 Å². The molecule has 1 N–H and O–H groups in total. The quantitative estimate of drug-likeness (QED) is 0.106. The first kappa shape index (κ1) is 38.3. The number of benzene rings is 4. The maximum absolute atomic E-state index is 13.3. The van der Waals surface area contributed by atoms with Crippen LogP contribution in [0.4, 0.5) is 22.7 Å². The molecule has 0 atom stereocenters. The van der Waals surface area contributed by atoms with Crippen molar-refractivity contribution in [1.82, 2.24) is 0 Å². The molecular formula is C45H60N4O. The van der Waals surface area contributed by atoms with Gasteiger partial charge in [-0.25, -0.2) is 0 Å². The lowest BCUT2D eigenvalue weighted by Gasteiger charge is -2.34. The normalized spacial score (nSPS) is 12.0. The molecule has 5 heteroatoms. The minimum atomic E-state index is -1.42. The lowest BCUT2D eigenvalue weighted by molar-refractivity contribution is 0.145. The van der Waals surface area contributed by atoms with E-state index >= 15 is 0 Å². The monoisotopic (exact) mass is 672 g/mol. The molecule has 0 radical (unpaired) electrons. The first-order valence-corrected chi connectivity index (χ1v) is 18.8. The zero-order valence-electron chi connectivity index (χ0n) is 31.9. The molecule has 0 fully saturated rings. The predicted octanol–water partition coefficient (Wildman–Crippen LogP) is 10.1.